The number of sulfonamides is 1. The first-order valence-corrected chi connectivity index (χ1v) is 7.30. The largest absolute Gasteiger partial charge is 0.481 e. The van der Waals surface area contributed by atoms with E-state index in [0.717, 1.165) is 0 Å². The smallest absolute Gasteiger partial charge is 0.304 e. The predicted molar refractivity (Wildman–Crippen MR) is 70.7 cm³/mol. The van der Waals surface area contributed by atoms with E-state index < -0.39 is 33.1 Å². The Bertz CT molecular complexity index is 626. The van der Waals surface area contributed by atoms with Gasteiger partial charge >= 0.3 is 5.97 Å². The van der Waals surface area contributed by atoms with E-state index in [0.29, 0.717) is 11.1 Å². The summed E-state index contributed by atoms with van der Waals surface area (Å²) in [6.45, 7) is 1.41. The predicted octanol–water partition coefficient (Wildman–Crippen LogP) is 0.797. The number of carbonyl (C=O) groups is 1. The molecule has 2 N–H and O–H groups in total. The van der Waals surface area contributed by atoms with Crippen LogP contribution in [-0.2, 0) is 21.4 Å². The molecule has 0 unspecified atom stereocenters. The summed E-state index contributed by atoms with van der Waals surface area (Å²) in [6.07, 6.45) is -0.497. The van der Waals surface area contributed by atoms with Crippen LogP contribution in [0.2, 0.25) is 0 Å². The first-order valence-electron chi connectivity index (χ1n) is 5.65. The van der Waals surface area contributed by atoms with Gasteiger partial charge in [-0.3, -0.25) is 14.9 Å². The second-order valence-corrected chi connectivity index (χ2v) is 6.03. The second-order valence-electron chi connectivity index (χ2n) is 4.10. The van der Waals surface area contributed by atoms with E-state index in [1.807, 2.05) is 0 Å². The highest BCUT2D eigenvalue weighted by atomic mass is 32.2. The third-order valence-corrected chi connectivity index (χ3v) is 4.01. The van der Waals surface area contributed by atoms with E-state index in [1.54, 1.807) is 6.07 Å². The van der Waals surface area contributed by atoms with Crippen molar-refractivity contribution in [1.29, 1.82) is 0 Å². The quantitative estimate of drug-likeness (QED) is 0.566. The lowest BCUT2D eigenvalue weighted by Crippen LogP contribution is -2.27. The van der Waals surface area contributed by atoms with Crippen molar-refractivity contribution in [2.45, 2.75) is 19.9 Å². The highest BCUT2D eigenvalue weighted by Crippen LogP contribution is 2.20. The molecule has 1 rings (SSSR count). The van der Waals surface area contributed by atoms with Crippen LogP contribution in [0.15, 0.2) is 18.2 Å². The Kier molecular flexibility index (Phi) is 5.17. The number of aliphatic carboxylic acids is 1. The molecule has 0 saturated carbocycles. The Morgan fingerprint density at radius 2 is 2.10 bits per heavy atom. The van der Waals surface area contributed by atoms with Crippen LogP contribution in [0.4, 0.5) is 5.69 Å². The zero-order valence-corrected chi connectivity index (χ0v) is 11.5. The monoisotopic (exact) mass is 302 g/mol. The molecule has 0 aliphatic heterocycles. The van der Waals surface area contributed by atoms with Crippen LogP contribution < -0.4 is 4.72 Å². The van der Waals surface area contributed by atoms with Crippen LogP contribution in [0.3, 0.4) is 0 Å². The lowest BCUT2D eigenvalue weighted by atomic mass is 10.1. The minimum absolute atomic E-state index is 0.0905. The molecule has 0 heterocycles. The lowest BCUT2D eigenvalue weighted by molar-refractivity contribution is -0.385. The molecule has 20 heavy (non-hydrogen) atoms. The van der Waals surface area contributed by atoms with Crippen molar-refractivity contribution in [1.82, 2.24) is 4.72 Å². The molecule has 8 nitrogen and oxygen atoms in total. The summed E-state index contributed by atoms with van der Waals surface area (Å²) in [5, 5.41) is 19.2. The van der Waals surface area contributed by atoms with Gasteiger partial charge in [-0.05, 0) is 12.5 Å². The molecule has 1 aromatic carbocycles. The first-order chi connectivity index (χ1) is 9.23. The van der Waals surface area contributed by atoms with Gasteiger partial charge in [-0.25, -0.2) is 13.1 Å². The third-order valence-electron chi connectivity index (χ3n) is 2.68. The van der Waals surface area contributed by atoms with Crippen molar-refractivity contribution in [3.05, 3.63) is 39.4 Å². The summed E-state index contributed by atoms with van der Waals surface area (Å²) in [5.41, 5.74) is 0.753. The standard InChI is InChI=1S/C11H14N2O6S/c1-8-9(3-2-4-10(8)13(16)17)7-12-20(18,19)6-5-11(14)15/h2-4,12H,5-7H2,1H3,(H,14,15). The van der Waals surface area contributed by atoms with Gasteiger partial charge in [0.1, 0.15) is 0 Å². The van der Waals surface area contributed by atoms with Gasteiger partial charge in [0.2, 0.25) is 10.0 Å². The molecule has 0 fully saturated rings. The van der Waals surface area contributed by atoms with Crippen molar-refractivity contribution in [3.8, 4) is 0 Å². The molecule has 0 saturated heterocycles. The molecular weight excluding hydrogens is 288 g/mol. The Morgan fingerprint density at radius 3 is 2.65 bits per heavy atom. The normalized spacial score (nSPS) is 11.2. The van der Waals surface area contributed by atoms with Crippen LogP contribution >= 0.6 is 0 Å². The number of nitrogens with one attached hydrogen (secondary N) is 1. The number of carboxylic acid groups (broad SMARTS) is 1. The number of nitro groups is 1. The topological polar surface area (TPSA) is 127 Å². The summed E-state index contributed by atoms with van der Waals surface area (Å²) in [7, 11) is -3.73. The van der Waals surface area contributed by atoms with Gasteiger partial charge in [-0.2, -0.15) is 0 Å². The van der Waals surface area contributed by atoms with Gasteiger partial charge in [-0.1, -0.05) is 12.1 Å². The van der Waals surface area contributed by atoms with Crippen molar-refractivity contribution in [2.75, 3.05) is 5.75 Å². The minimum Gasteiger partial charge on any atom is -0.481 e. The van der Waals surface area contributed by atoms with Gasteiger partial charge in [0.05, 0.1) is 17.1 Å². The maximum Gasteiger partial charge on any atom is 0.304 e. The van der Waals surface area contributed by atoms with E-state index in [4.69, 9.17) is 5.11 Å². The van der Waals surface area contributed by atoms with Gasteiger partial charge in [0.25, 0.3) is 5.69 Å². The molecule has 0 aromatic heterocycles. The number of rotatable bonds is 7. The average Bonchev–Trinajstić information content (AvgIpc) is 2.35. The molecule has 0 amide bonds. The van der Waals surface area contributed by atoms with Gasteiger partial charge in [0, 0.05) is 18.2 Å². The lowest BCUT2D eigenvalue weighted by Gasteiger charge is -2.08. The summed E-state index contributed by atoms with van der Waals surface area (Å²) in [4.78, 5) is 20.5. The van der Waals surface area contributed by atoms with Crippen LogP contribution in [0.25, 0.3) is 0 Å². The highest BCUT2D eigenvalue weighted by Gasteiger charge is 2.16. The molecule has 0 radical (unpaired) electrons. The van der Waals surface area contributed by atoms with Crippen LogP contribution in [-0.4, -0.2) is 30.2 Å². The molecule has 0 bridgehead atoms. The molecule has 0 atom stereocenters. The van der Waals surface area contributed by atoms with Crippen molar-refractivity contribution in [2.24, 2.45) is 0 Å². The van der Waals surface area contributed by atoms with Crippen LogP contribution in [0, 0.1) is 17.0 Å². The zero-order valence-electron chi connectivity index (χ0n) is 10.7. The number of hydrogen-bond acceptors (Lipinski definition) is 5. The number of hydrogen-bond donors (Lipinski definition) is 2. The fraction of sp³-hybridized carbons (Fsp3) is 0.364. The second kappa shape index (κ2) is 6.44. The Labute approximate surface area is 115 Å². The number of benzene rings is 1. The molecule has 9 heteroatoms. The fourth-order valence-electron chi connectivity index (χ4n) is 1.54. The molecule has 0 spiro atoms. The first kappa shape index (κ1) is 16.1. The third kappa shape index (κ3) is 4.59. The van der Waals surface area contributed by atoms with E-state index in [-0.39, 0.29) is 12.2 Å². The molecule has 0 aliphatic carbocycles. The average molecular weight is 302 g/mol. The fourth-order valence-corrected chi connectivity index (χ4v) is 2.50. The van der Waals surface area contributed by atoms with Crippen LogP contribution in [0.1, 0.15) is 17.5 Å². The maximum absolute atomic E-state index is 11.5. The molecular formula is C11H14N2O6S. The van der Waals surface area contributed by atoms with Crippen molar-refractivity contribution >= 4 is 21.7 Å². The SMILES string of the molecule is Cc1c(CNS(=O)(=O)CCC(=O)O)cccc1[N+](=O)[O-]. The van der Waals surface area contributed by atoms with Crippen molar-refractivity contribution in [3.63, 3.8) is 0 Å². The van der Waals surface area contributed by atoms with E-state index in [1.165, 1.54) is 19.1 Å². The van der Waals surface area contributed by atoms with Crippen LogP contribution in [0.5, 0.6) is 0 Å². The summed E-state index contributed by atoms with van der Waals surface area (Å²) in [5.74, 6) is -1.74. The van der Waals surface area contributed by atoms with Gasteiger partial charge in [0.15, 0.2) is 0 Å². The molecule has 0 aliphatic rings. The van der Waals surface area contributed by atoms with E-state index >= 15 is 0 Å². The van der Waals surface area contributed by atoms with Gasteiger partial charge < -0.3 is 5.11 Å². The Hall–Kier alpha value is -2.00. The Morgan fingerprint density at radius 1 is 1.45 bits per heavy atom. The zero-order chi connectivity index (χ0) is 15.3. The van der Waals surface area contributed by atoms with E-state index in [9.17, 15) is 23.3 Å². The summed E-state index contributed by atoms with van der Waals surface area (Å²) in [6, 6.07) is 4.37. The highest BCUT2D eigenvalue weighted by molar-refractivity contribution is 7.89. The number of carboxylic acids is 1. The van der Waals surface area contributed by atoms with E-state index in [2.05, 4.69) is 4.72 Å². The number of nitrogens with zero attached hydrogens (tertiary/aromatic N) is 1. The van der Waals surface area contributed by atoms with Crippen molar-refractivity contribution < 1.29 is 23.2 Å². The van der Waals surface area contributed by atoms with Gasteiger partial charge in [-0.15, -0.1) is 0 Å². The minimum atomic E-state index is -3.73. The Balaban J connectivity index is 2.78. The summed E-state index contributed by atoms with van der Waals surface area (Å²) >= 11 is 0. The molecule has 1 aromatic rings. The number of nitro benzene ring substituents is 1. The maximum atomic E-state index is 11.5. The molecule has 110 valence electrons. The summed E-state index contributed by atoms with van der Waals surface area (Å²) < 4.78 is 25.3.